The fourth-order valence-electron chi connectivity index (χ4n) is 1.78. The highest BCUT2D eigenvalue weighted by Crippen LogP contribution is 2.24. The van der Waals surface area contributed by atoms with Crippen LogP contribution in [0.4, 0.5) is 0 Å². The number of hydrogen-bond donors (Lipinski definition) is 1. The molecule has 4 nitrogen and oxygen atoms in total. The Morgan fingerprint density at radius 2 is 1.80 bits per heavy atom. The van der Waals surface area contributed by atoms with Crippen molar-refractivity contribution in [1.82, 2.24) is 10.3 Å². The van der Waals surface area contributed by atoms with Crippen LogP contribution in [0.25, 0.3) is 0 Å². The third-order valence-electron chi connectivity index (χ3n) is 2.68. The van der Waals surface area contributed by atoms with Crippen LogP contribution in [0, 0.1) is 0 Å². The largest absolute Gasteiger partial charge is 0.494 e. The van der Waals surface area contributed by atoms with Gasteiger partial charge in [0.2, 0.25) is 0 Å². The first kappa shape index (κ1) is 14.3. The van der Waals surface area contributed by atoms with Crippen LogP contribution >= 0.6 is 0 Å². The lowest BCUT2D eigenvalue weighted by Crippen LogP contribution is -2.05. The Morgan fingerprint density at radius 3 is 2.50 bits per heavy atom. The molecule has 1 aromatic heterocycles. The van der Waals surface area contributed by atoms with E-state index in [0.717, 1.165) is 42.4 Å². The standard InChI is InChI=1S/C16H20N2O2/c1-3-8-19-14-4-6-15(7-5-14)20-16-9-13(10-17-2)11-18-12-16/h4-7,9,11-12,17H,3,8,10H2,1-2H3. The van der Waals surface area contributed by atoms with Gasteiger partial charge in [-0.05, 0) is 49.4 Å². The van der Waals surface area contributed by atoms with E-state index in [4.69, 9.17) is 9.47 Å². The van der Waals surface area contributed by atoms with Crippen LogP contribution in [0.15, 0.2) is 42.7 Å². The van der Waals surface area contributed by atoms with Gasteiger partial charge in [-0.15, -0.1) is 0 Å². The summed E-state index contributed by atoms with van der Waals surface area (Å²) < 4.78 is 11.3. The molecule has 0 radical (unpaired) electrons. The van der Waals surface area contributed by atoms with Gasteiger partial charge < -0.3 is 14.8 Å². The molecule has 2 rings (SSSR count). The number of ether oxygens (including phenoxy) is 2. The van der Waals surface area contributed by atoms with Crippen LogP contribution in [0.2, 0.25) is 0 Å². The Bertz CT molecular complexity index is 526. The van der Waals surface area contributed by atoms with Crippen LogP contribution in [0.5, 0.6) is 17.2 Å². The first-order valence-corrected chi connectivity index (χ1v) is 6.81. The molecule has 1 N–H and O–H groups in total. The molecule has 1 heterocycles. The highest BCUT2D eigenvalue weighted by atomic mass is 16.5. The smallest absolute Gasteiger partial charge is 0.146 e. The number of nitrogens with one attached hydrogen (secondary N) is 1. The molecule has 0 saturated heterocycles. The van der Waals surface area contributed by atoms with Crippen LogP contribution in [-0.4, -0.2) is 18.6 Å². The van der Waals surface area contributed by atoms with E-state index in [2.05, 4.69) is 17.2 Å². The van der Waals surface area contributed by atoms with E-state index in [-0.39, 0.29) is 0 Å². The molecule has 0 amide bonds. The number of benzene rings is 1. The SMILES string of the molecule is CCCOc1ccc(Oc2cncc(CNC)c2)cc1. The Morgan fingerprint density at radius 1 is 1.05 bits per heavy atom. The number of rotatable bonds is 7. The normalized spacial score (nSPS) is 10.3. The fourth-order valence-corrected chi connectivity index (χ4v) is 1.78. The topological polar surface area (TPSA) is 43.4 Å². The molecule has 0 aliphatic rings. The summed E-state index contributed by atoms with van der Waals surface area (Å²) in [6, 6.07) is 9.60. The van der Waals surface area contributed by atoms with Crippen molar-refractivity contribution >= 4 is 0 Å². The van der Waals surface area contributed by atoms with Gasteiger partial charge in [0.05, 0.1) is 12.8 Å². The van der Waals surface area contributed by atoms with E-state index < -0.39 is 0 Å². The molecule has 0 aliphatic heterocycles. The Kier molecular flexibility index (Phi) is 5.38. The van der Waals surface area contributed by atoms with Crippen molar-refractivity contribution in [3.63, 3.8) is 0 Å². The van der Waals surface area contributed by atoms with E-state index in [0.29, 0.717) is 0 Å². The minimum Gasteiger partial charge on any atom is -0.494 e. The van der Waals surface area contributed by atoms with Crippen molar-refractivity contribution in [2.75, 3.05) is 13.7 Å². The number of pyridine rings is 1. The second-order valence-corrected chi connectivity index (χ2v) is 4.48. The van der Waals surface area contributed by atoms with Crippen molar-refractivity contribution in [1.29, 1.82) is 0 Å². The molecule has 0 atom stereocenters. The Labute approximate surface area is 119 Å². The summed E-state index contributed by atoms with van der Waals surface area (Å²) in [5.74, 6) is 2.37. The highest BCUT2D eigenvalue weighted by Gasteiger charge is 2.00. The first-order valence-electron chi connectivity index (χ1n) is 6.81. The van der Waals surface area contributed by atoms with Gasteiger partial charge in [0.25, 0.3) is 0 Å². The minimum atomic E-state index is 0.732. The van der Waals surface area contributed by atoms with Crippen LogP contribution in [0.1, 0.15) is 18.9 Å². The summed E-state index contributed by atoms with van der Waals surface area (Å²) in [6.07, 6.45) is 4.54. The number of nitrogens with zero attached hydrogens (tertiary/aromatic N) is 1. The third-order valence-corrected chi connectivity index (χ3v) is 2.68. The van der Waals surface area contributed by atoms with Crippen LogP contribution in [-0.2, 0) is 6.54 Å². The molecule has 0 fully saturated rings. The number of aromatic nitrogens is 1. The van der Waals surface area contributed by atoms with Crippen molar-refractivity contribution in [2.45, 2.75) is 19.9 Å². The summed E-state index contributed by atoms with van der Waals surface area (Å²) in [7, 11) is 1.91. The Hall–Kier alpha value is -2.07. The van der Waals surface area contributed by atoms with Gasteiger partial charge in [0, 0.05) is 12.7 Å². The minimum absolute atomic E-state index is 0.732. The van der Waals surface area contributed by atoms with E-state index in [1.54, 1.807) is 6.20 Å². The molecule has 0 bridgehead atoms. The predicted molar refractivity (Wildman–Crippen MR) is 79.3 cm³/mol. The molecule has 4 heteroatoms. The van der Waals surface area contributed by atoms with Crippen molar-refractivity contribution < 1.29 is 9.47 Å². The van der Waals surface area contributed by atoms with Gasteiger partial charge >= 0.3 is 0 Å². The third kappa shape index (κ3) is 4.24. The molecule has 0 unspecified atom stereocenters. The average Bonchev–Trinajstić information content (AvgIpc) is 2.47. The molecular formula is C16H20N2O2. The van der Waals surface area contributed by atoms with E-state index in [9.17, 15) is 0 Å². The van der Waals surface area contributed by atoms with Gasteiger partial charge in [-0.2, -0.15) is 0 Å². The molecule has 106 valence electrons. The zero-order valence-electron chi connectivity index (χ0n) is 11.9. The van der Waals surface area contributed by atoms with Gasteiger partial charge in [-0.3, -0.25) is 4.98 Å². The maximum atomic E-state index is 5.78. The molecule has 2 aromatic rings. The second-order valence-electron chi connectivity index (χ2n) is 4.48. The molecule has 0 saturated carbocycles. The second kappa shape index (κ2) is 7.50. The molecular weight excluding hydrogens is 252 g/mol. The van der Waals surface area contributed by atoms with Gasteiger partial charge in [0.15, 0.2) is 0 Å². The average molecular weight is 272 g/mol. The first-order chi connectivity index (χ1) is 9.81. The van der Waals surface area contributed by atoms with Gasteiger partial charge in [-0.1, -0.05) is 6.92 Å². The Balaban J connectivity index is 2.00. The van der Waals surface area contributed by atoms with E-state index >= 15 is 0 Å². The monoisotopic (exact) mass is 272 g/mol. The summed E-state index contributed by atoms with van der Waals surface area (Å²) in [6.45, 7) is 3.59. The van der Waals surface area contributed by atoms with Gasteiger partial charge in [-0.25, -0.2) is 0 Å². The maximum absolute atomic E-state index is 5.78. The zero-order chi connectivity index (χ0) is 14.2. The van der Waals surface area contributed by atoms with Crippen LogP contribution < -0.4 is 14.8 Å². The lowest BCUT2D eigenvalue weighted by Gasteiger charge is -2.08. The fraction of sp³-hybridized carbons (Fsp3) is 0.312. The quantitative estimate of drug-likeness (QED) is 0.839. The molecule has 0 spiro atoms. The van der Waals surface area contributed by atoms with E-state index in [1.807, 2.05) is 43.6 Å². The van der Waals surface area contributed by atoms with Crippen molar-refractivity contribution in [3.8, 4) is 17.2 Å². The lowest BCUT2D eigenvalue weighted by molar-refractivity contribution is 0.317. The summed E-state index contributed by atoms with van der Waals surface area (Å²) in [5.41, 5.74) is 1.09. The van der Waals surface area contributed by atoms with Crippen LogP contribution in [0.3, 0.4) is 0 Å². The van der Waals surface area contributed by atoms with E-state index in [1.165, 1.54) is 0 Å². The number of hydrogen-bond acceptors (Lipinski definition) is 4. The van der Waals surface area contributed by atoms with Gasteiger partial charge in [0.1, 0.15) is 17.2 Å². The zero-order valence-corrected chi connectivity index (χ0v) is 11.9. The molecule has 1 aromatic carbocycles. The molecule has 20 heavy (non-hydrogen) atoms. The summed E-state index contributed by atoms with van der Waals surface area (Å²) in [5, 5.41) is 3.09. The maximum Gasteiger partial charge on any atom is 0.146 e. The lowest BCUT2D eigenvalue weighted by atomic mass is 10.2. The highest BCUT2D eigenvalue weighted by molar-refractivity contribution is 5.35. The van der Waals surface area contributed by atoms with Crippen molar-refractivity contribution in [3.05, 3.63) is 48.3 Å². The predicted octanol–water partition coefficient (Wildman–Crippen LogP) is 3.38. The molecule has 0 aliphatic carbocycles. The summed E-state index contributed by atoms with van der Waals surface area (Å²) in [4.78, 5) is 4.17. The summed E-state index contributed by atoms with van der Waals surface area (Å²) >= 11 is 0. The van der Waals surface area contributed by atoms with Crippen molar-refractivity contribution in [2.24, 2.45) is 0 Å².